The topological polar surface area (TPSA) is 23.8 Å². The molecule has 32 heavy (non-hydrogen) atoms. The third-order valence-corrected chi connectivity index (χ3v) is 8.40. The molecule has 0 amide bonds. The van der Waals surface area contributed by atoms with Crippen LogP contribution in [0.15, 0.2) is 91.0 Å². The zero-order valence-electron chi connectivity index (χ0n) is 19.0. The molecule has 3 aromatic carbocycles. The molecule has 2 saturated heterocycles. The number of hydrogen-bond donors (Lipinski definition) is 0. The van der Waals surface area contributed by atoms with Gasteiger partial charge in [0.25, 0.3) is 0 Å². The smallest absolute Gasteiger partial charge is 0.107 e. The highest BCUT2D eigenvalue weighted by molar-refractivity contribution is 5.46. The highest BCUT2D eigenvalue weighted by Crippen LogP contribution is 2.49. The molecule has 0 aliphatic carbocycles. The van der Waals surface area contributed by atoms with Gasteiger partial charge in [-0.1, -0.05) is 91.0 Å². The minimum absolute atomic E-state index is 0.577. The molecule has 0 spiro atoms. The molecule has 4 atom stereocenters. The summed E-state index contributed by atoms with van der Waals surface area (Å²) < 4.78 is 1.18. The number of nitriles is 1. The Morgan fingerprint density at radius 3 is 1.72 bits per heavy atom. The predicted molar refractivity (Wildman–Crippen MR) is 130 cm³/mol. The predicted octanol–water partition coefficient (Wildman–Crippen LogP) is 6.47. The lowest BCUT2D eigenvalue weighted by atomic mass is 9.67. The molecule has 162 valence electrons. The van der Waals surface area contributed by atoms with E-state index in [2.05, 4.69) is 92.0 Å². The van der Waals surface area contributed by atoms with Crippen LogP contribution < -0.4 is 0 Å². The molecule has 5 rings (SSSR count). The second kappa shape index (κ2) is 8.57. The van der Waals surface area contributed by atoms with Crippen molar-refractivity contribution in [3.63, 3.8) is 0 Å². The molecule has 2 nitrogen and oxygen atoms in total. The molecule has 2 heteroatoms. The van der Waals surface area contributed by atoms with Gasteiger partial charge in [0.15, 0.2) is 0 Å². The van der Waals surface area contributed by atoms with E-state index in [1.165, 1.54) is 35.7 Å². The molecule has 0 N–H and O–H groups in total. The third-order valence-electron chi connectivity index (χ3n) is 8.40. The monoisotopic (exact) mass is 421 g/mol. The van der Waals surface area contributed by atoms with Crippen LogP contribution in [0, 0.1) is 17.2 Å². The van der Waals surface area contributed by atoms with E-state index in [1.807, 2.05) is 12.1 Å². The van der Waals surface area contributed by atoms with E-state index in [9.17, 15) is 5.26 Å². The summed E-state index contributed by atoms with van der Waals surface area (Å²) >= 11 is 0. The fourth-order valence-corrected chi connectivity index (χ4v) is 6.71. The molecule has 2 heterocycles. The Bertz CT molecular complexity index is 1010. The zero-order chi connectivity index (χ0) is 22.0. The average molecular weight is 422 g/mol. The summed E-state index contributed by atoms with van der Waals surface area (Å²) in [5.41, 5.74) is 3.14. The molecule has 0 radical (unpaired) electrons. The summed E-state index contributed by atoms with van der Waals surface area (Å²) in [6.07, 6.45) is 6.00. The van der Waals surface area contributed by atoms with E-state index in [1.54, 1.807) is 0 Å². The molecular formula is C30H33N2+. The molecule has 2 aliphatic heterocycles. The van der Waals surface area contributed by atoms with Crippen molar-refractivity contribution in [1.29, 1.82) is 5.26 Å². The van der Waals surface area contributed by atoms with Crippen LogP contribution in [0.5, 0.6) is 0 Å². The maximum atomic E-state index is 10.6. The van der Waals surface area contributed by atoms with Crippen molar-refractivity contribution in [2.24, 2.45) is 5.92 Å². The van der Waals surface area contributed by atoms with Gasteiger partial charge in [0.1, 0.15) is 12.0 Å². The van der Waals surface area contributed by atoms with Crippen molar-refractivity contribution in [3.8, 4) is 6.07 Å². The van der Waals surface area contributed by atoms with Gasteiger partial charge in [-0.2, -0.15) is 5.26 Å². The second-order valence-corrected chi connectivity index (χ2v) is 10.2. The fraction of sp³-hybridized carbons (Fsp3) is 0.367. The number of rotatable bonds is 6. The first-order valence-electron chi connectivity index (χ1n) is 12.1. The van der Waals surface area contributed by atoms with Crippen LogP contribution >= 0.6 is 0 Å². The first-order valence-corrected chi connectivity index (χ1v) is 12.1. The van der Waals surface area contributed by atoms with Crippen molar-refractivity contribution < 1.29 is 4.48 Å². The molecule has 3 aromatic rings. The Morgan fingerprint density at radius 2 is 1.25 bits per heavy atom. The van der Waals surface area contributed by atoms with Gasteiger partial charge in [0, 0.05) is 31.2 Å². The maximum absolute atomic E-state index is 10.6. The fourth-order valence-electron chi connectivity index (χ4n) is 6.71. The van der Waals surface area contributed by atoms with Gasteiger partial charge in [-0.25, -0.2) is 0 Å². The zero-order valence-corrected chi connectivity index (χ0v) is 19.0. The van der Waals surface area contributed by atoms with Crippen molar-refractivity contribution >= 4 is 0 Å². The summed E-state index contributed by atoms with van der Waals surface area (Å²) in [5, 5.41) is 10.6. The number of hydrogen-bond acceptors (Lipinski definition) is 1. The quantitative estimate of drug-likeness (QED) is 0.418. The Kier molecular flexibility index (Phi) is 5.62. The van der Waals surface area contributed by atoms with Crippen LogP contribution in [-0.2, 0) is 12.0 Å². The summed E-state index contributed by atoms with van der Waals surface area (Å²) in [7, 11) is 2.48. The van der Waals surface area contributed by atoms with Crippen LogP contribution in [-0.4, -0.2) is 23.6 Å². The maximum Gasteiger partial charge on any atom is 0.107 e. The van der Waals surface area contributed by atoms with Crippen LogP contribution in [0.3, 0.4) is 0 Å². The van der Waals surface area contributed by atoms with Crippen LogP contribution in [0.4, 0.5) is 0 Å². The second-order valence-electron chi connectivity index (χ2n) is 10.2. The Morgan fingerprint density at radius 1 is 0.781 bits per heavy atom. The summed E-state index contributed by atoms with van der Waals surface area (Å²) in [4.78, 5) is 0. The minimum atomic E-state index is -0.577. The van der Waals surface area contributed by atoms with E-state index in [0.29, 0.717) is 18.0 Å². The first-order chi connectivity index (χ1) is 15.6. The highest BCUT2D eigenvalue weighted by Gasteiger charge is 2.52. The van der Waals surface area contributed by atoms with Crippen molar-refractivity contribution in [1.82, 2.24) is 0 Å². The molecule has 2 aliphatic rings. The Hall–Kier alpha value is -2.89. The van der Waals surface area contributed by atoms with Crippen molar-refractivity contribution in [3.05, 3.63) is 108 Å². The number of piperidine rings is 1. The van der Waals surface area contributed by atoms with Crippen LogP contribution in [0.25, 0.3) is 0 Å². The first kappa shape index (κ1) is 21.0. The molecule has 2 unspecified atom stereocenters. The third kappa shape index (κ3) is 3.65. The normalized spacial score (nSPS) is 27.1. The minimum Gasteiger partial charge on any atom is -0.317 e. The number of fused-ring (bicyclic) bond motifs is 2. The molecule has 0 saturated carbocycles. The van der Waals surface area contributed by atoms with Gasteiger partial charge in [-0.3, -0.25) is 0 Å². The van der Waals surface area contributed by atoms with E-state index < -0.39 is 5.41 Å². The van der Waals surface area contributed by atoms with Crippen molar-refractivity contribution in [2.75, 3.05) is 7.05 Å². The van der Waals surface area contributed by atoms with Gasteiger partial charge < -0.3 is 4.48 Å². The van der Waals surface area contributed by atoms with E-state index in [4.69, 9.17) is 0 Å². The molecule has 2 bridgehead atoms. The van der Waals surface area contributed by atoms with Gasteiger partial charge in [0.2, 0.25) is 0 Å². The van der Waals surface area contributed by atoms with Crippen LogP contribution in [0.1, 0.15) is 48.8 Å². The van der Waals surface area contributed by atoms with E-state index in [-0.39, 0.29) is 0 Å². The Balaban J connectivity index is 1.43. The summed E-state index contributed by atoms with van der Waals surface area (Å²) in [6.45, 7) is 1.13. The lowest BCUT2D eigenvalue weighted by Crippen LogP contribution is -2.57. The number of quaternary nitrogens is 1. The van der Waals surface area contributed by atoms with Gasteiger partial charge in [-0.15, -0.1) is 0 Å². The highest BCUT2D eigenvalue weighted by atomic mass is 15.4. The van der Waals surface area contributed by atoms with Crippen LogP contribution in [0.2, 0.25) is 0 Å². The van der Waals surface area contributed by atoms with Gasteiger partial charge >= 0.3 is 0 Å². The average Bonchev–Trinajstić information content (AvgIpc) is 3.00. The number of benzene rings is 3. The SMILES string of the molecule is C[N+]1(Cc2ccccc2)[C@@H]2CC[C@H]1CC(CC(C#N)(c1ccccc1)c1ccccc1)C2. The summed E-state index contributed by atoms with van der Waals surface area (Å²) in [6, 6.07) is 36.1. The molecular weight excluding hydrogens is 388 g/mol. The standard InChI is InChI=1S/C30H33N2/c1-32(22-24-11-5-2-6-12-24)28-17-18-29(32)20-25(19-28)21-30(23-31,26-13-7-3-8-14-26)27-15-9-4-10-16-27/h2-16,25,28-29H,17-22H2,1H3/q+1/t25?,28-,29+,32?. The molecule has 2 fully saturated rings. The van der Waals surface area contributed by atoms with Crippen molar-refractivity contribution in [2.45, 2.75) is 56.1 Å². The lowest BCUT2D eigenvalue weighted by molar-refractivity contribution is -0.962. The van der Waals surface area contributed by atoms with Gasteiger partial charge in [-0.05, 0) is 23.5 Å². The lowest BCUT2D eigenvalue weighted by Gasteiger charge is -2.48. The number of nitrogens with zero attached hydrogens (tertiary/aromatic N) is 2. The largest absolute Gasteiger partial charge is 0.317 e. The summed E-state index contributed by atoms with van der Waals surface area (Å²) in [5.74, 6) is 0.578. The Labute approximate surface area is 192 Å². The molecule has 0 aromatic heterocycles. The van der Waals surface area contributed by atoms with Gasteiger partial charge in [0.05, 0.1) is 25.2 Å². The van der Waals surface area contributed by atoms with E-state index >= 15 is 0 Å². The van der Waals surface area contributed by atoms with E-state index in [0.717, 1.165) is 24.1 Å².